The molecule has 39 heavy (non-hydrogen) atoms. The van der Waals surface area contributed by atoms with Crippen LogP contribution in [0.1, 0.15) is 32.7 Å². The molecule has 4 aromatic rings. The molecule has 1 aliphatic heterocycles. The maximum Gasteiger partial charge on any atom is 0.280 e. The lowest BCUT2D eigenvalue weighted by Crippen LogP contribution is -2.34. The Labute approximate surface area is 224 Å². The van der Waals surface area contributed by atoms with Crippen LogP contribution < -0.4 is 16.2 Å². The number of amides is 2. The Bertz CT molecular complexity index is 1710. The first-order chi connectivity index (χ1) is 18.8. The van der Waals surface area contributed by atoms with Crippen LogP contribution in [-0.4, -0.2) is 38.1 Å². The third-order valence-electron chi connectivity index (χ3n) is 5.84. The molecule has 0 atom stereocenters. The van der Waals surface area contributed by atoms with Crippen LogP contribution in [0.3, 0.4) is 0 Å². The number of aromatic amines is 1. The van der Waals surface area contributed by atoms with Gasteiger partial charge in [0.05, 0.1) is 30.3 Å². The Hall–Kier alpha value is -4.90. The maximum atomic E-state index is 13.5. The number of aromatic nitrogens is 4. The largest absolute Gasteiger partial charge is 0.348 e. The highest BCUT2D eigenvalue weighted by Crippen LogP contribution is 2.33. The average Bonchev–Trinajstić information content (AvgIpc) is 3.53. The second kappa shape index (κ2) is 10.8. The zero-order valence-corrected chi connectivity index (χ0v) is 20.8. The summed E-state index contributed by atoms with van der Waals surface area (Å²) in [6.07, 6.45) is 8.30. The van der Waals surface area contributed by atoms with Gasteiger partial charge in [-0.15, -0.1) is 0 Å². The topological polar surface area (TPSA) is 122 Å². The number of H-pyrrole nitrogens is 1. The van der Waals surface area contributed by atoms with E-state index in [1.54, 1.807) is 30.5 Å². The summed E-state index contributed by atoms with van der Waals surface area (Å²) in [5.74, 6) is -2.99. The molecule has 2 aromatic heterocycles. The number of carbonyl (C=O) groups excluding carboxylic acids is 2. The Morgan fingerprint density at radius 1 is 1.10 bits per heavy atom. The summed E-state index contributed by atoms with van der Waals surface area (Å²) >= 11 is 6.00. The quantitative estimate of drug-likeness (QED) is 0.303. The van der Waals surface area contributed by atoms with E-state index in [4.69, 9.17) is 11.6 Å². The fourth-order valence-electron chi connectivity index (χ4n) is 3.99. The first-order valence-corrected chi connectivity index (χ1v) is 12.0. The van der Waals surface area contributed by atoms with E-state index in [9.17, 15) is 23.2 Å². The van der Waals surface area contributed by atoms with Crippen molar-refractivity contribution in [3.05, 3.63) is 116 Å². The number of hydrogen-bond donors (Lipinski definition) is 3. The van der Waals surface area contributed by atoms with E-state index in [2.05, 4.69) is 25.7 Å². The van der Waals surface area contributed by atoms with Gasteiger partial charge in [0, 0.05) is 17.8 Å². The predicted molar refractivity (Wildman–Crippen MR) is 142 cm³/mol. The van der Waals surface area contributed by atoms with Gasteiger partial charge in [-0.25, -0.2) is 18.4 Å². The highest BCUT2D eigenvalue weighted by atomic mass is 35.5. The van der Waals surface area contributed by atoms with Crippen LogP contribution in [-0.2, 0) is 11.3 Å². The van der Waals surface area contributed by atoms with Crippen molar-refractivity contribution in [3.8, 4) is 0 Å². The number of imidazole rings is 1. The van der Waals surface area contributed by atoms with Crippen molar-refractivity contribution in [2.24, 2.45) is 0 Å². The van der Waals surface area contributed by atoms with Crippen LogP contribution in [0.25, 0.3) is 17.7 Å². The minimum absolute atomic E-state index is 0.0931. The molecule has 2 aromatic carbocycles. The smallest absolute Gasteiger partial charge is 0.280 e. The maximum absolute atomic E-state index is 13.5. The van der Waals surface area contributed by atoms with E-state index in [0.717, 1.165) is 34.0 Å². The highest BCUT2D eigenvalue weighted by molar-refractivity contribution is 6.34. The number of benzene rings is 2. The fraction of sp³-hybridized carbons (Fsp3) is 0.0741. The first kappa shape index (κ1) is 25.7. The van der Waals surface area contributed by atoms with E-state index in [0.29, 0.717) is 17.0 Å². The van der Waals surface area contributed by atoms with Crippen LogP contribution in [0.2, 0.25) is 5.15 Å². The number of anilines is 1. The first-order valence-electron chi connectivity index (χ1n) is 11.6. The lowest BCUT2D eigenvalue weighted by molar-refractivity contribution is -0.110. The summed E-state index contributed by atoms with van der Waals surface area (Å²) in [7, 11) is 0. The number of halogens is 3. The summed E-state index contributed by atoms with van der Waals surface area (Å²) in [5, 5.41) is 9.21. The summed E-state index contributed by atoms with van der Waals surface area (Å²) in [6, 6.07) is 9.78. The van der Waals surface area contributed by atoms with E-state index in [-0.39, 0.29) is 35.3 Å². The SMILES string of the molecule is O=C1Nc2cc(C=CCNC(=O)c3cc(Cl)nn(Cc4ccc(F)c(F)c4)c3=O)ccc2C1=Cc1cnc[nH]1. The van der Waals surface area contributed by atoms with Crippen molar-refractivity contribution in [1.29, 1.82) is 0 Å². The molecule has 0 unspecified atom stereocenters. The summed E-state index contributed by atoms with van der Waals surface area (Å²) in [5.41, 5.74) is 2.71. The molecule has 0 spiro atoms. The van der Waals surface area contributed by atoms with Crippen LogP contribution in [0.4, 0.5) is 14.5 Å². The van der Waals surface area contributed by atoms with E-state index in [1.165, 1.54) is 12.4 Å². The van der Waals surface area contributed by atoms with Crippen LogP contribution in [0.15, 0.2) is 65.9 Å². The number of hydrogen-bond acceptors (Lipinski definition) is 5. The van der Waals surface area contributed by atoms with Crippen LogP contribution in [0, 0.1) is 11.6 Å². The predicted octanol–water partition coefficient (Wildman–Crippen LogP) is 3.88. The zero-order valence-electron chi connectivity index (χ0n) is 20.0. The molecule has 1 aliphatic rings. The molecule has 2 amide bonds. The number of carbonyl (C=O) groups is 2. The van der Waals surface area contributed by atoms with Crippen molar-refractivity contribution in [1.82, 2.24) is 25.1 Å². The lowest BCUT2D eigenvalue weighted by atomic mass is 10.0. The molecule has 196 valence electrons. The Balaban J connectivity index is 1.25. The monoisotopic (exact) mass is 548 g/mol. The molecular formula is C27H19ClF2N6O3. The Kier molecular flexibility index (Phi) is 7.15. The molecule has 3 heterocycles. The van der Waals surface area contributed by atoms with Gasteiger partial charge in [0.2, 0.25) is 0 Å². The minimum atomic E-state index is -1.07. The van der Waals surface area contributed by atoms with Crippen molar-refractivity contribution in [3.63, 3.8) is 0 Å². The van der Waals surface area contributed by atoms with Crippen molar-refractivity contribution in [2.75, 3.05) is 11.9 Å². The fourth-order valence-corrected chi connectivity index (χ4v) is 4.19. The molecule has 0 saturated carbocycles. The minimum Gasteiger partial charge on any atom is -0.348 e. The van der Waals surface area contributed by atoms with E-state index in [1.807, 2.05) is 12.1 Å². The third-order valence-corrected chi connectivity index (χ3v) is 6.03. The van der Waals surface area contributed by atoms with Gasteiger partial charge in [0.15, 0.2) is 16.8 Å². The molecule has 0 saturated heterocycles. The van der Waals surface area contributed by atoms with Crippen molar-refractivity contribution in [2.45, 2.75) is 6.54 Å². The Morgan fingerprint density at radius 2 is 1.95 bits per heavy atom. The van der Waals surface area contributed by atoms with Gasteiger partial charge in [-0.1, -0.05) is 42.0 Å². The third kappa shape index (κ3) is 5.68. The standard InChI is InChI=1S/C27H19ClF2N6O3/c28-24-11-20(27(39)36(35-24)13-16-4-6-21(29)22(30)8-16)25(37)32-7-1-2-15-3-5-18-19(10-17-12-31-14-33-17)26(38)34-23(18)9-15/h1-6,8-12,14H,7,13H2,(H,31,33)(H,32,37)(H,34,38). The normalized spacial score (nSPS) is 13.6. The molecule has 9 nitrogen and oxygen atoms in total. The summed E-state index contributed by atoms with van der Waals surface area (Å²) in [6.45, 7) is -0.111. The van der Waals surface area contributed by atoms with Gasteiger partial charge in [0.1, 0.15) is 5.56 Å². The molecular weight excluding hydrogens is 530 g/mol. The van der Waals surface area contributed by atoms with Gasteiger partial charge < -0.3 is 15.6 Å². The van der Waals surface area contributed by atoms with Crippen LogP contribution in [0.5, 0.6) is 0 Å². The number of fused-ring (bicyclic) bond motifs is 1. The van der Waals surface area contributed by atoms with Gasteiger partial charge >= 0.3 is 0 Å². The molecule has 0 fully saturated rings. The zero-order chi connectivity index (χ0) is 27.5. The summed E-state index contributed by atoms with van der Waals surface area (Å²) in [4.78, 5) is 44.7. The molecule has 0 bridgehead atoms. The van der Waals surface area contributed by atoms with E-state index >= 15 is 0 Å². The molecule has 5 rings (SSSR count). The van der Waals surface area contributed by atoms with E-state index < -0.39 is 23.1 Å². The van der Waals surface area contributed by atoms with Gasteiger partial charge in [0.25, 0.3) is 17.4 Å². The van der Waals surface area contributed by atoms with Crippen molar-refractivity contribution >= 4 is 46.8 Å². The molecule has 12 heteroatoms. The molecule has 0 radical (unpaired) electrons. The highest BCUT2D eigenvalue weighted by Gasteiger charge is 2.24. The second-order valence-electron chi connectivity index (χ2n) is 8.53. The average molecular weight is 549 g/mol. The Morgan fingerprint density at radius 3 is 2.72 bits per heavy atom. The van der Waals surface area contributed by atoms with Gasteiger partial charge in [-0.05, 0) is 41.5 Å². The number of rotatable bonds is 7. The molecule has 0 aliphatic carbocycles. The van der Waals surface area contributed by atoms with Gasteiger partial charge in [-0.3, -0.25) is 14.4 Å². The lowest BCUT2D eigenvalue weighted by Gasteiger charge is -2.09. The summed E-state index contributed by atoms with van der Waals surface area (Å²) < 4.78 is 27.6. The number of nitrogens with zero attached hydrogens (tertiary/aromatic N) is 3. The van der Waals surface area contributed by atoms with Crippen molar-refractivity contribution < 1.29 is 18.4 Å². The number of nitrogens with one attached hydrogen (secondary N) is 3. The second-order valence-corrected chi connectivity index (χ2v) is 8.92. The van der Waals surface area contributed by atoms with Crippen LogP contribution >= 0.6 is 11.6 Å². The molecule has 3 N–H and O–H groups in total. The van der Waals surface area contributed by atoms with Gasteiger partial charge in [-0.2, -0.15) is 5.10 Å².